The van der Waals surface area contributed by atoms with Gasteiger partial charge in [-0.3, -0.25) is 9.78 Å². The Morgan fingerprint density at radius 3 is 2.41 bits per heavy atom. The number of aliphatic hydroxyl groups is 1. The molecule has 1 heterocycles. The Hall–Kier alpha value is -2.99. The number of carbonyl (C=O) groups is 2. The first-order chi connectivity index (χ1) is 10.5. The molecule has 1 unspecified atom stereocenters. The number of rotatable bonds is 5. The lowest BCUT2D eigenvalue weighted by molar-refractivity contribution is -0.131. The van der Waals surface area contributed by atoms with Gasteiger partial charge in [0.2, 0.25) is 5.91 Å². The minimum absolute atomic E-state index is 0.357. The Morgan fingerprint density at radius 2 is 1.82 bits per heavy atom. The van der Waals surface area contributed by atoms with E-state index in [0.717, 1.165) is 6.08 Å². The Bertz CT molecular complexity index is 723. The maximum absolute atomic E-state index is 11.0. The van der Waals surface area contributed by atoms with Crippen molar-refractivity contribution < 1.29 is 19.8 Å². The molecule has 2 aromatic rings. The number of aliphatic carboxylic acids is 1. The number of carboxylic acid groups (broad SMARTS) is 1. The van der Waals surface area contributed by atoms with Crippen molar-refractivity contribution in [2.75, 3.05) is 0 Å². The zero-order valence-corrected chi connectivity index (χ0v) is 11.5. The molecule has 0 fully saturated rings. The Kier molecular flexibility index (Phi) is 4.65. The van der Waals surface area contributed by atoms with E-state index in [4.69, 9.17) is 10.8 Å². The number of amides is 1. The maximum atomic E-state index is 11.0. The molecule has 0 aliphatic rings. The van der Waals surface area contributed by atoms with Crippen LogP contribution in [-0.2, 0) is 4.79 Å². The highest BCUT2D eigenvalue weighted by atomic mass is 16.4. The van der Waals surface area contributed by atoms with Gasteiger partial charge in [0.05, 0.1) is 5.69 Å². The van der Waals surface area contributed by atoms with Crippen molar-refractivity contribution in [2.24, 2.45) is 5.73 Å². The van der Waals surface area contributed by atoms with E-state index in [2.05, 4.69) is 4.98 Å². The quantitative estimate of drug-likeness (QED) is 0.721. The average molecular weight is 298 g/mol. The summed E-state index contributed by atoms with van der Waals surface area (Å²) in [6.45, 7) is 0. The van der Waals surface area contributed by atoms with E-state index in [-0.39, 0.29) is 0 Å². The topological polar surface area (TPSA) is 114 Å². The molecule has 0 radical (unpaired) electrons. The first kappa shape index (κ1) is 15.4. The number of nitrogens with two attached hydrogens (primary N) is 1. The first-order valence-electron chi connectivity index (χ1n) is 6.42. The molecule has 0 bridgehead atoms. The standard InChI is InChI=1S/C16H14N2O4/c17-16(22)11-3-1-10(2-4-11)15(21)12-7-8-18-13(9-12)5-6-14(19)20/h1-9,15,21H,(H2,17,22)(H,19,20). The van der Waals surface area contributed by atoms with Crippen LogP contribution < -0.4 is 5.73 Å². The van der Waals surface area contributed by atoms with Gasteiger partial charge in [-0.05, 0) is 41.5 Å². The van der Waals surface area contributed by atoms with E-state index in [1.807, 2.05) is 0 Å². The third kappa shape index (κ3) is 3.77. The van der Waals surface area contributed by atoms with Gasteiger partial charge in [-0.1, -0.05) is 12.1 Å². The molecule has 1 amide bonds. The van der Waals surface area contributed by atoms with Crippen LogP contribution in [0.3, 0.4) is 0 Å². The lowest BCUT2D eigenvalue weighted by Crippen LogP contribution is -2.11. The second kappa shape index (κ2) is 6.64. The molecule has 6 nitrogen and oxygen atoms in total. The zero-order chi connectivity index (χ0) is 16.1. The molecule has 0 spiro atoms. The molecule has 0 aliphatic carbocycles. The smallest absolute Gasteiger partial charge is 0.328 e. The first-order valence-corrected chi connectivity index (χ1v) is 6.42. The van der Waals surface area contributed by atoms with Crippen LogP contribution in [0.15, 0.2) is 48.7 Å². The summed E-state index contributed by atoms with van der Waals surface area (Å²) in [5.41, 5.74) is 7.09. The highest BCUT2D eigenvalue weighted by Crippen LogP contribution is 2.22. The number of hydrogen-bond acceptors (Lipinski definition) is 4. The van der Waals surface area contributed by atoms with Crippen molar-refractivity contribution >= 4 is 18.0 Å². The lowest BCUT2D eigenvalue weighted by atomic mass is 10.0. The van der Waals surface area contributed by atoms with E-state index < -0.39 is 18.0 Å². The monoisotopic (exact) mass is 298 g/mol. The largest absolute Gasteiger partial charge is 0.478 e. The molecule has 0 saturated carbocycles. The second-order valence-electron chi connectivity index (χ2n) is 4.57. The van der Waals surface area contributed by atoms with Crippen LogP contribution in [0.5, 0.6) is 0 Å². The van der Waals surface area contributed by atoms with Gasteiger partial charge in [0.15, 0.2) is 0 Å². The highest BCUT2D eigenvalue weighted by Gasteiger charge is 2.11. The molecule has 1 aromatic heterocycles. The molecule has 2 rings (SSSR count). The predicted octanol–water partition coefficient (Wildman–Crippen LogP) is 1.36. The summed E-state index contributed by atoms with van der Waals surface area (Å²) < 4.78 is 0. The highest BCUT2D eigenvalue weighted by molar-refractivity contribution is 5.92. The van der Waals surface area contributed by atoms with Crippen molar-refractivity contribution in [3.05, 3.63) is 71.1 Å². The van der Waals surface area contributed by atoms with Crippen molar-refractivity contribution in [1.29, 1.82) is 0 Å². The molecular formula is C16H14N2O4. The summed E-state index contributed by atoms with van der Waals surface area (Å²) in [6.07, 6.45) is 2.88. The van der Waals surface area contributed by atoms with Crippen molar-refractivity contribution in [2.45, 2.75) is 6.10 Å². The van der Waals surface area contributed by atoms with Crippen LogP contribution in [0.25, 0.3) is 6.08 Å². The van der Waals surface area contributed by atoms with Crippen LogP contribution in [0, 0.1) is 0 Å². The molecular weight excluding hydrogens is 284 g/mol. The number of carbonyl (C=O) groups excluding carboxylic acids is 1. The lowest BCUT2D eigenvalue weighted by Gasteiger charge is -2.12. The third-order valence-corrected chi connectivity index (χ3v) is 3.03. The Balaban J connectivity index is 2.25. The van der Waals surface area contributed by atoms with Crippen LogP contribution in [0.2, 0.25) is 0 Å². The minimum Gasteiger partial charge on any atom is -0.478 e. The molecule has 112 valence electrons. The van der Waals surface area contributed by atoms with Crippen LogP contribution >= 0.6 is 0 Å². The summed E-state index contributed by atoms with van der Waals surface area (Å²) in [5.74, 6) is -1.61. The fourth-order valence-electron chi connectivity index (χ4n) is 1.91. The Morgan fingerprint density at radius 1 is 1.14 bits per heavy atom. The number of primary amides is 1. The zero-order valence-electron chi connectivity index (χ0n) is 11.5. The number of carboxylic acids is 1. The summed E-state index contributed by atoms with van der Waals surface area (Å²) >= 11 is 0. The average Bonchev–Trinajstić information content (AvgIpc) is 2.52. The number of aliphatic hydroxyl groups excluding tert-OH is 1. The van der Waals surface area contributed by atoms with Crippen LogP contribution in [0.1, 0.15) is 33.3 Å². The number of nitrogens with zero attached hydrogens (tertiary/aromatic N) is 1. The van der Waals surface area contributed by atoms with Crippen molar-refractivity contribution in [3.8, 4) is 0 Å². The fraction of sp³-hybridized carbons (Fsp3) is 0.0625. The number of hydrogen-bond donors (Lipinski definition) is 3. The van der Waals surface area contributed by atoms with Gasteiger partial charge in [-0.2, -0.15) is 0 Å². The number of benzene rings is 1. The van der Waals surface area contributed by atoms with Gasteiger partial charge in [0, 0.05) is 17.8 Å². The summed E-state index contributed by atoms with van der Waals surface area (Å²) in [7, 11) is 0. The molecule has 0 aliphatic heterocycles. The van der Waals surface area contributed by atoms with E-state index in [1.165, 1.54) is 24.4 Å². The summed E-state index contributed by atoms with van der Waals surface area (Å²) in [5, 5.41) is 18.9. The molecule has 1 aromatic carbocycles. The second-order valence-corrected chi connectivity index (χ2v) is 4.57. The number of pyridine rings is 1. The van der Waals surface area contributed by atoms with Gasteiger partial charge in [0.1, 0.15) is 6.10 Å². The van der Waals surface area contributed by atoms with Crippen molar-refractivity contribution in [3.63, 3.8) is 0 Å². The predicted molar refractivity (Wildman–Crippen MR) is 79.9 cm³/mol. The van der Waals surface area contributed by atoms with Crippen LogP contribution in [0.4, 0.5) is 0 Å². The maximum Gasteiger partial charge on any atom is 0.328 e. The van der Waals surface area contributed by atoms with E-state index in [9.17, 15) is 14.7 Å². The van der Waals surface area contributed by atoms with E-state index in [1.54, 1.807) is 24.3 Å². The minimum atomic E-state index is -1.07. The van der Waals surface area contributed by atoms with E-state index in [0.29, 0.717) is 22.4 Å². The molecule has 0 saturated heterocycles. The third-order valence-electron chi connectivity index (χ3n) is 3.03. The normalized spacial score (nSPS) is 12.2. The van der Waals surface area contributed by atoms with E-state index >= 15 is 0 Å². The van der Waals surface area contributed by atoms with Gasteiger partial charge in [0.25, 0.3) is 0 Å². The van der Waals surface area contributed by atoms with Gasteiger partial charge in [-0.25, -0.2) is 4.79 Å². The summed E-state index contributed by atoms with van der Waals surface area (Å²) in [6, 6.07) is 9.51. The molecule has 4 N–H and O–H groups in total. The van der Waals surface area contributed by atoms with Gasteiger partial charge in [-0.15, -0.1) is 0 Å². The Labute approximate surface area is 126 Å². The van der Waals surface area contributed by atoms with Crippen LogP contribution in [-0.4, -0.2) is 27.1 Å². The fourth-order valence-corrected chi connectivity index (χ4v) is 1.91. The van der Waals surface area contributed by atoms with Crippen molar-refractivity contribution in [1.82, 2.24) is 4.98 Å². The molecule has 6 heteroatoms. The SMILES string of the molecule is NC(=O)c1ccc(C(O)c2ccnc(C=CC(=O)O)c2)cc1. The molecule has 22 heavy (non-hydrogen) atoms. The molecule has 1 atom stereocenters. The van der Waals surface area contributed by atoms with Gasteiger partial charge >= 0.3 is 5.97 Å². The number of aromatic nitrogens is 1. The summed E-state index contributed by atoms with van der Waals surface area (Å²) in [4.78, 5) is 25.5. The van der Waals surface area contributed by atoms with Gasteiger partial charge < -0.3 is 15.9 Å².